The molecule has 2 rings (SSSR count). The van der Waals surface area contributed by atoms with Gasteiger partial charge < -0.3 is 9.64 Å². The summed E-state index contributed by atoms with van der Waals surface area (Å²) in [5.41, 5.74) is -0.501. The van der Waals surface area contributed by atoms with Gasteiger partial charge in [0, 0.05) is 13.7 Å². The van der Waals surface area contributed by atoms with Crippen LogP contribution in [0, 0.1) is 0 Å². The summed E-state index contributed by atoms with van der Waals surface area (Å²) in [4.78, 5) is 13.7. The minimum atomic E-state index is -4.42. The summed E-state index contributed by atoms with van der Waals surface area (Å²) in [6.45, 7) is 2.07. The van der Waals surface area contributed by atoms with E-state index in [1.54, 1.807) is 13.0 Å². The number of nitrogens with zero attached hydrogens (tertiary/aromatic N) is 1. The lowest BCUT2D eigenvalue weighted by atomic mass is 9.98. The molecule has 116 valence electrons. The Hall–Kier alpha value is -1.56. The molecule has 0 spiro atoms. The number of halogens is 3. The molecule has 0 unspecified atom stereocenters. The van der Waals surface area contributed by atoms with E-state index >= 15 is 0 Å². The fourth-order valence-corrected chi connectivity index (χ4v) is 2.73. The zero-order valence-electron chi connectivity index (χ0n) is 12.0. The number of amides is 1. The predicted molar refractivity (Wildman–Crippen MR) is 71.6 cm³/mol. The van der Waals surface area contributed by atoms with Crippen LogP contribution in [0.2, 0.25) is 0 Å². The van der Waals surface area contributed by atoms with E-state index in [2.05, 4.69) is 0 Å². The number of alkyl halides is 3. The Morgan fingerprint density at radius 3 is 2.67 bits per heavy atom. The Balaban J connectivity index is 2.35. The number of methoxy groups -OCH3 is 1. The molecule has 0 aromatic heterocycles. The Bertz CT molecular complexity index is 516. The minimum Gasteiger partial charge on any atom is -0.372 e. The molecular formula is C15H18F3NO2. The molecular weight excluding hydrogens is 283 g/mol. The first-order valence-electron chi connectivity index (χ1n) is 6.85. The highest BCUT2D eigenvalue weighted by Gasteiger charge is 2.39. The maximum absolute atomic E-state index is 13.1. The van der Waals surface area contributed by atoms with Crippen LogP contribution in [0.1, 0.15) is 36.9 Å². The minimum absolute atomic E-state index is 0.166. The number of hydrogen-bond donors (Lipinski definition) is 0. The van der Waals surface area contributed by atoms with Crippen molar-refractivity contribution in [2.75, 3.05) is 13.7 Å². The fourth-order valence-electron chi connectivity index (χ4n) is 2.73. The van der Waals surface area contributed by atoms with Crippen molar-refractivity contribution in [1.29, 1.82) is 0 Å². The molecule has 1 heterocycles. The van der Waals surface area contributed by atoms with Crippen LogP contribution in [0.5, 0.6) is 0 Å². The highest BCUT2D eigenvalue weighted by atomic mass is 19.4. The topological polar surface area (TPSA) is 29.5 Å². The first-order chi connectivity index (χ1) is 9.86. The normalized spacial score (nSPS) is 20.6. The summed E-state index contributed by atoms with van der Waals surface area (Å²) in [5.74, 6) is -0.267. The molecule has 1 fully saturated rings. The molecule has 0 radical (unpaired) electrons. The van der Waals surface area contributed by atoms with Gasteiger partial charge in [0.05, 0.1) is 11.6 Å². The Labute approximate surface area is 121 Å². The van der Waals surface area contributed by atoms with E-state index in [4.69, 9.17) is 4.74 Å². The Kier molecular flexibility index (Phi) is 4.56. The van der Waals surface area contributed by atoms with Crippen LogP contribution in [0.3, 0.4) is 0 Å². The highest BCUT2D eigenvalue weighted by Crippen LogP contribution is 2.40. The summed E-state index contributed by atoms with van der Waals surface area (Å²) in [6, 6.07) is 4.93. The second kappa shape index (κ2) is 6.05. The van der Waals surface area contributed by atoms with Crippen LogP contribution >= 0.6 is 0 Å². The number of hydrogen-bond acceptors (Lipinski definition) is 2. The summed E-state index contributed by atoms with van der Waals surface area (Å²) in [5, 5.41) is 0. The standard InChI is InChI=1S/C15H18F3NO2/c1-10(21-2)14(20)19-9-5-8-13(19)11-6-3-4-7-12(11)15(16,17)18/h3-4,6-7,10,13H,5,8-9H2,1-2H3/t10-,13+/m1/s1. The number of benzene rings is 1. The third kappa shape index (κ3) is 3.20. The second-order valence-electron chi connectivity index (χ2n) is 5.15. The molecule has 2 atom stereocenters. The fraction of sp³-hybridized carbons (Fsp3) is 0.533. The van der Waals surface area contributed by atoms with Crippen LogP contribution in [-0.2, 0) is 15.7 Å². The van der Waals surface area contributed by atoms with Crippen molar-refractivity contribution in [1.82, 2.24) is 4.90 Å². The summed E-state index contributed by atoms with van der Waals surface area (Å²) >= 11 is 0. The average molecular weight is 301 g/mol. The van der Waals surface area contributed by atoms with E-state index < -0.39 is 23.9 Å². The Morgan fingerprint density at radius 1 is 1.38 bits per heavy atom. The molecule has 1 aliphatic heterocycles. The van der Waals surface area contributed by atoms with E-state index in [0.29, 0.717) is 19.4 Å². The van der Waals surface area contributed by atoms with Crippen molar-refractivity contribution in [2.24, 2.45) is 0 Å². The molecule has 1 amide bonds. The smallest absolute Gasteiger partial charge is 0.372 e. The van der Waals surface area contributed by atoms with Crippen molar-refractivity contribution in [3.05, 3.63) is 35.4 Å². The van der Waals surface area contributed by atoms with Gasteiger partial charge in [0.15, 0.2) is 0 Å². The number of likely N-dealkylation sites (tertiary alicyclic amines) is 1. The zero-order valence-corrected chi connectivity index (χ0v) is 12.0. The molecule has 0 aliphatic carbocycles. The van der Waals surface area contributed by atoms with Gasteiger partial charge in [0.1, 0.15) is 6.10 Å². The highest BCUT2D eigenvalue weighted by molar-refractivity contribution is 5.81. The predicted octanol–water partition coefficient (Wildman–Crippen LogP) is 3.40. The largest absolute Gasteiger partial charge is 0.416 e. The summed E-state index contributed by atoms with van der Waals surface area (Å²) < 4.78 is 44.4. The second-order valence-corrected chi connectivity index (χ2v) is 5.15. The van der Waals surface area contributed by atoms with Crippen molar-refractivity contribution < 1.29 is 22.7 Å². The molecule has 3 nitrogen and oxygen atoms in total. The molecule has 0 N–H and O–H groups in total. The number of carbonyl (C=O) groups excluding carboxylic acids is 1. The maximum atomic E-state index is 13.1. The number of rotatable bonds is 3. The third-order valence-electron chi connectivity index (χ3n) is 3.86. The van der Waals surface area contributed by atoms with Crippen molar-refractivity contribution in [2.45, 2.75) is 38.1 Å². The molecule has 21 heavy (non-hydrogen) atoms. The SMILES string of the molecule is CO[C@H](C)C(=O)N1CCC[C@H]1c1ccccc1C(F)(F)F. The van der Waals surface area contributed by atoms with Gasteiger partial charge in [-0.2, -0.15) is 13.2 Å². The van der Waals surface area contributed by atoms with Gasteiger partial charge in [0.2, 0.25) is 0 Å². The van der Waals surface area contributed by atoms with Crippen molar-refractivity contribution in [3.8, 4) is 0 Å². The molecule has 6 heteroatoms. The third-order valence-corrected chi connectivity index (χ3v) is 3.86. The van der Waals surface area contributed by atoms with Gasteiger partial charge in [-0.15, -0.1) is 0 Å². The van der Waals surface area contributed by atoms with E-state index in [0.717, 1.165) is 6.07 Å². The molecule has 0 bridgehead atoms. The first kappa shape index (κ1) is 15.8. The zero-order chi connectivity index (χ0) is 15.6. The van der Waals surface area contributed by atoms with E-state index in [1.807, 2.05) is 0 Å². The molecule has 1 aromatic carbocycles. The summed E-state index contributed by atoms with van der Waals surface area (Å²) in [6.07, 6.45) is -3.83. The number of ether oxygens (including phenoxy) is 1. The van der Waals surface area contributed by atoms with Gasteiger partial charge in [0.25, 0.3) is 5.91 Å². The van der Waals surface area contributed by atoms with Crippen molar-refractivity contribution >= 4 is 5.91 Å². The lowest BCUT2D eigenvalue weighted by molar-refractivity contribution is -0.144. The van der Waals surface area contributed by atoms with Gasteiger partial charge in [-0.05, 0) is 31.4 Å². The molecule has 1 aliphatic rings. The lowest BCUT2D eigenvalue weighted by Crippen LogP contribution is -2.38. The van der Waals surface area contributed by atoms with Crippen LogP contribution in [-0.4, -0.2) is 30.6 Å². The Morgan fingerprint density at radius 2 is 2.05 bits per heavy atom. The van der Waals surface area contributed by atoms with Crippen LogP contribution in [0.15, 0.2) is 24.3 Å². The lowest BCUT2D eigenvalue weighted by Gasteiger charge is -2.29. The molecule has 0 saturated carbocycles. The van der Waals surface area contributed by atoms with Gasteiger partial charge >= 0.3 is 6.18 Å². The quantitative estimate of drug-likeness (QED) is 0.856. The monoisotopic (exact) mass is 301 g/mol. The number of carbonyl (C=O) groups is 1. The van der Waals surface area contributed by atoms with Gasteiger partial charge in [-0.25, -0.2) is 0 Å². The maximum Gasteiger partial charge on any atom is 0.416 e. The average Bonchev–Trinajstić information content (AvgIpc) is 2.94. The van der Waals surface area contributed by atoms with Crippen LogP contribution < -0.4 is 0 Å². The van der Waals surface area contributed by atoms with E-state index in [1.165, 1.54) is 24.1 Å². The summed E-state index contributed by atoms with van der Waals surface area (Å²) in [7, 11) is 1.41. The molecule has 1 saturated heterocycles. The first-order valence-corrected chi connectivity index (χ1v) is 6.85. The van der Waals surface area contributed by atoms with Crippen LogP contribution in [0.25, 0.3) is 0 Å². The van der Waals surface area contributed by atoms with Gasteiger partial charge in [-0.1, -0.05) is 18.2 Å². The van der Waals surface area contributed by atoms with E-state index in [-0.39, 0.29) is 11.5 Å². The van der Waals surface area contributed by atoms with Gasteiger partial charge in [-0.3, -0.25) is 4.79 Å². The van der Waals surface area contributed by atoms with Crippen molar-refractivity contribution in [3.63, 3.8) is 0 Å². The van der Waals surface area contributed by atoms with Crippen LogP contribution in [0.4, 0.5) is 13.2 Å². The molecule has 1 aromatic rings. The van der Waals surface area contributed by atoms with E-state index in [9.17, 15) is 18.0 Å².